The quantitative estimate of drug-likeness (QED) is 0.166. The van der Waals surface area contributed by atoms with Crippen LogP contribution in [0.3, 0.4) is 0 Å². The molecule has 2 aromatic heterocycles. The molecule has 314 valence electrons. The van der Waals surface area contributed by atoms with Crippen LogP contribution in [0.1, 0.15) is 65.4 Å². The van der Waals surface area contributed by atoms with Crippen molar-refractivity contribution in [3.63, 3.8) is 0 Å². The fourth-order valence-corrected chi connectivity index (χ4v) is 10.4. The van der Waals surface area contributed by atoms with Gasteiger partial charge in [-0.15, -0.1) is 0 Å². The molecule has 0 unspecified atom stereocenters. The van der Waals surface area contributed by atoms with Gasteiger partial charge in [0.2, 0.25) is 5.88 Å². The summed E-state index contributed by atoms with van der Waals surface area (Å²) < 4.78 is 63.2. The van der Waals surface area contributed by atoms with Crippen molar-refractivity contribution in [1.82, 2.24) is 24.8 Å². The lowest BCUT2D eigenvalue weighted by Crippen LogP contribution is -2.63. The number of hydrogen-bond acceptors (Lipinski definition) is 12. The number of fused-ring (bicyclic) bond motifs is 7. The molecule has 13 nitrogen and oxygen atoms in total. The number of likely N-dealkylation sites (tertiary alicyclic amines) is 1. The summed E-state index contributed by atoms with van der Waals surface area (Å²) in [6.45, 7) is 10.2. The van der Waals surface area contributed by atoms with Gasteiger partial charge in [-0.05, 0) is 106 Å². The summed E-state index contributed by atoms with van der Waals surface area (Å²) in [4.78, 5) is 34.7. The molecule has 3 saturated heterocycles. The molecule has 15 heteroatoms. The number of benzene rings is 2. The van der Waals surface area contributed by atoms with Crippen LogP contribution in [-0.4, -0.2) is 119 Å². The molecule has 6 atom stereocenters. The molecule has 2 bridgehead atoms. The first-order valence-corrected chi connectivity index (χ1v) is 21.1. The highest BCUT2D eigenvalue weighted by Crippen LogP contribution is 2.54. The number of piperazine rings is 1. The van der Waals surface area contributed by atoms with Crippen LogP contribution in [0.5, 0.6) is 17.6 Å². The van der Waals surface area contributed by atoms with Gasteiger partial charge in [0.25, 0.3) is 0 Å². The third-order valence-electron chi connectivity index (χ3n) is 13.5. The average Bonchev–Trinajstić information content (AvgIpc) is 4.11. The molecule has 2 aliphatic carbocycles. The number of rotatable bonds is 11. The summed E-state index contributed by atoms with van der Waals surface area (Å²) >= 11 is 0. The smallest absolute Gasteiger partial charge is 0.410 e. The second-order valence-electron chi connectivity index (χ2n) is 18.5. The molecule has 10 rings (SSSR count). The summed E-state index contributed by atoms with van der Waals surface area (Å²) in [7, 11) is 1.51. The zero-order valence-corrected chi connectivity index (χ0v) is 34.3. The highest BCUT2D eigenvalue weighted by molar-refractivity contribution is 6.03. The standard InChI is InChI=1S/C44H52F2N6O7/c1-6-27-30(45)9-7-23-13-26(58-22-55-5)15-29(34(23)27)37-36(46)38-35-39(49-41(48-38)57-21-44(11-12-44)20-50-16-24-14-28(24)32(50)18-53)51-17-25-8-10-31(33(51)19-56-40(35)47-37)52(25)42(54)59-43(2,3)4/h7,9,13,15,24-25,28,31-33,53H,6,8,10-12,14,16-22H2,1-5H3/t24-,25+,28-,31-,32-,33+/m0/s1. The van der Waals surface area contributed by atoms with Crippen LogP contribution >= 0.6 is 0 Å². The largest absolute Gasteiger partial charge is 0.475 e. The van der Waals surface area contributed by atoms with E-state index in [0.29, 0.717) is 70.3 Å². The number of aliphatic hydroxyl groups excluding tert-OH is 1. The third-order valence-corrected chi connectivity index (χ3v) is 13.5. The Kier molecular flexibility index (Phi) is 9.33. The predicted octanol–water partition coefficient (Wildman–Crippen LogP) is 6.49. The lowest BCUT2D eigenvalue weighted by atomic mass is 9.94. The zero-order chi connectivity index (χ0) is 41.0. The van der Waals surface area contributed by atoms with Crippen molar-refractivity contribution in [2.75, 3.05) is 58.3 Å². The van der Waals surface area contributed by atoms with Crippen LogP contribution in [-0.2, 0) is 15.9 Å². The minimum atomic E-state index is -0.727. The molecule has 4 aliphatic heterocycles. The first-order chi connectivity index (χ1) is 28.4. The van der Waals surface area contributed by atoms with E-state index in [9.17, 15) is 9.90 Å². The fourth-order valence-electron chi connectivity index (χ4n) is 10.4. The van der Waals surface area contributed by atoms with E-state index in [1.54, 1.807) is 18.2 Å². The molecule has 0 spiro atoms. The molecule has 59 heavy (non-hydrogen) atoms. The molecule has 6 aliphatic rings. The van der Waals surface area contributed by atoms with Crippen molar-refractivity contribution in [3.8, 4) is 28.9 Å². The van der Waals surface area contributed by atoms with Crippen molar-refractivity contribution in [3.05, 3.63) is 41.5 Å². The van der Waals surface area contributed by atoms with Crippen LogP contribution < -0.4 is 19.1 Å². The van der Waals surface area contributed by atoms with Crippen molar-refractivity contribution in [1.29, 1.82) is 0 Å². The van der Waals surface area contributed by atoms with Crippen LogP contribution in [0.25, 0.3) is 32.9 Å². The first-order valence-electron chi connectivity index (χ1n) is 21.1. The highest BCUT2D eigenvalue weighted by atomic mass is 19.1. The average molecular weight is 815 g/mol. The maximum absolute atomic E-state index is 17.7. The number of carbonyl (C=O) groups is 1. The zero-order valence-electron chi connectivity index (χ0n) is 34.3. The third kappa shape index (κ3) is 6.67. The Hall–Kier alpha value is -4.60. The van der Waals surface area contributed by atoms with E-state index in [-0.39, 0.29) is 78.8 Å². The Labute approximate surface area is 341 Å². The van der Waals surface area contributed by atoms with Gasteiger partial charge in [-0.2, -0.15) is 9.97 Å². The predicted molar refractivity (Wildman–Crippen MR) is 215 cm³/mol. The highest BCUT2D eigenvalue weighted by Gasteiger charge is 2.56. The Morgan fingerprint density at radius 2 is 1.88 bits per heavy atom. The van der Waals surface area contributed by atoms with Gasteiger partial charge in [0.1, 0.15) is 46.2 Å². The number of carbonyl (C=O) groups excluding carboxylic acids is 1. The van der Waals surface area contributed by atoms with Gasteiger partial charge in [-0.25, -0.2) is 18.6 Å². The van der Waals surface area contributed by atoms with Gasteiger partial charge in [0.05, 0.1) is 31.3 Å². The molecule has 4 aromatic rings. The van der Waals surface area contributed by atoms with E-state index in [4.69, 9.17) is 38.6 Å². The number of ether oxygens (including phenoxy) is 5. The number of aryl methyl sites for hydroxylation is 1. The SMILES string of the molecule is CCc1c(F)ccc2cc(OCOC)cc(-c3nc4c5c(nc(OCC6(CN7C[C@@H]8C[C@@H]8[C@@H]7CO)CC6)nc5c3F)N3C[C@H]5CC[C@@H]([C@H]3CO4)N5C(=O)OC(C)(C)C)c12. The second kappa shape index (κ2) is 14.3. The minimum Gasteiger partial charge on any atom is -0.475 e. The topological polar surface area (TPSA) is 132 Å². The molecule has 1 N–H and O–H groups in total. The number of nitrogens with zero attached hydrogens (tertiary/aromatic N) is 6. The minimum absolute atomic E-state index is 0.0248. The van der Waals surface area contributed by atoms with Crippen molar-refractivity contribution >= 4 is 33.6 Å². The van der Waals surface area contributed by atoms with E-state index in [1.165, 1.54) is 19.6 Å². The Balaban J connectivity index is 1.09. The number of methoxy groups -OCH3 is 1. The number of hydrogen-bond donors (Lipinski definition) is 1. The van der Waals surface area contributed by atoms with E-state index in [2.05, 4.69) is 9.80 Å². The van der Waals surface area contributed by atoms with Crippen LogP contribution in [0.15, 0.2) is 24.3 Å². The number of amides is 1. The molecule has 5 fully saturated rings. The summed E-state index contributed by atoms with van der Waals surface area (Å²) in [5, 5.41) is 11.6. The lowest BCUT2D eigenvalue weighted by molar-refractivity contribution is 0.00537. The number of pyridine rings is 1. The van der Waals surface area contributed by atoms with Crippen molar-refractivity contribution in [2.24, 2.45) is 17.3 Å². The molecule has 0 radical (unpaired) electrons. The molecule has 2 aromatic carbocycles. The van der Waals surface area contributed by atoms with E-state index in [0.717, 1.165) is 38.8 Å². The van der Waals surface area contributed by atoms with Crippen LogP contribution in [0, 0.1) is 28.9 Å². The molecular formula is C44H52F2N6O7. The summed E-state index contributed by atoms with van der Waals surface area (Å²) in [6, 6.07) is 5.93. The summed E-state index contributed by atoms with van der Waals surface area (Å²) in [5.41, 5.74) is -0.146. The van der Waals surface area contributed by atoms with E-state index >= 15 is 8.78 Å². The summed E-state index contributed by atoms with van der Waals surface area (Å²) in [5.74, 6) is 1.08. The second-order valence-corrected chi connectivity index (χ2v) is 18.5. The maximum Gasteiger partial charge on any atom is 0.410 e. The molecule has 6 heterocycles. The van der Waals surface area contributed by atoms with Crippen LogP contribution in [0.2, 0.25) is 0 Å². The maximum atomic E-state index is 17.7. The molecular weight excluding hydrogens is 763 g/mol. The number of halogens is 2. The van der Waals surface area contributed by atoms with Gasteiger partial charge < -0.3 is 33.7 Å². The first kappa shape index (κ1) is 38.6. The van der Waals surface area contributed by atoms with Gasteiger partial charge in [0, 0.05) is 43.8 Å². The van der Waals surface area contributed by atoms with Gasteiger partial charge in [-0.1, -0.05) is 13.0 Å². The van der Waals surface area contributed by atoms with E-state index < -0.39 is 17.2 Å². The number of aromatic nitrogens is 3. The summed E-state index contributed by atoms with van der Waals surface area (Å²) in [6.07, 6.45) is 4.62. The van der Waals surface area contributed by atoms with Crippen LogP contribution in [0.4, 0.5) is 19.4 Å². The van der Waals surface area contributed by atoms with Gasteiger partial charge >= 0.3 is 12.1 Å². The number of anilines is 1. The normalized spacial score (nSPS) is 26.4. The lowest BCUT2D eigenvalue weighted by Gasteiger charge is -2.46. The molecule has 2 saturated carbocycles. The van der Waals surface area contributed by atoms with Crippen molar-refractivity contribution < 1.29 is 42.4 Å². The Morgan fingerprint density at radius 3 is 2.63 bits per heavy atom. The Morgan fingerprint density at radius 1 is 1.05 bits per heavy atom. The number of piperidine rings is 1. The fraction of sp³-hybridized carbons (Fsp3) is 0.591. The van der Waals surface area contributed by atoms with Gasteiger partial charge in [0.15, 0.2) is 12.6 Å². The van der Waals surface area contributed by atoms with Crippen molar-refractivity contribution in [2.45, 2.75) is 96.0 Å². The number of aliphatic hydroxyl groups is 1. The molecule has 1 amide bonds. The van der Waals surface area contributed by atoms with E-state index in [1.807, 2.05) is 32.6 Å². The Bertz CT molecular complexity index is 2340. The monoisotopic (exact) mass is 814 g/mol. The van der Waals surface area contributed by atoms with Gasteiger partial charge in [-0.3, -0.25) is 9.80 Å².